The maximum Gasteiger partial charge on any atom is 0.360 e. The molecule has 2 aromatic rings. The van der Waals surface area contributed by atoms with Crippen molar-refractivity contribution in [2.24, 2.45) is 0 Å². The summed E-state index contributed by atoms with van der Waals surface area (Å²) in [5, 5.41) is 10.5. The Morgan fingerprint density at radius 2 is 1.72 bits per heavy atom. The largest absolute Gasteiger partial charge is 0.464 e. The molecule has 8 heteroatoms. The second-order valence-corrected chi connectivity index (χ2v) is 6.51. The number of methoxy groups -OCH3 is 1. The second-order valence-electron chi connectivity index (χ2n) is 6.13. The van der Waals surface area contributed by atoms with E-state index in [9.17, 15) is 9.59 Å². The predicted molar refractivity (Wildman–Crippen MR) is 93.3 cm³/mol. The molecular weight excluding hydrogens is 346 g/mol. The molecule has 0 aliphatic rings. The topological polar surface area (TPSA) is 90.4 Å². The van der Waals surface area contributed by atoms with Crippen molar-refractivity contribution in [1.82, 2.24) is 10.2 Å². The molecule has 2 rings (SSSR count). The zero-order chi connectivity index (χ0) is 18.6. The number of esters is 2. The fraction of sp³-hybridized carbons (Fsp3) is 0.294. The van der Waals surface area contributed by atoms with Crippen molar-refractivity contribution < 1.29 is 19.1 Å². The van der Waals surface area contributed by atoms with E-state index in [0.717, 1.165) is 0 Å². The van der Waals surface area contributed by atoms with Crippen LogP contribution in [-0.4, -0.2) is 34.8 Å². The molecule has 0 aliphatic carbocycles. The van der Waals surface area contributed by atoms with Gasteiger partial charge in [0.2, 0.25) is 0 Å². The molecule has 7 nitrogen and oxygen atoms in total. The van der Waals surface area contributed by atoms with Gasteiger partial charge in [0.05, 0.1) is 18.4 Å². The van der Waals surface area contributed by atoms with Crippen molar-refractivity contribution in [3.63, 3.8) is 0 Å². The Hall–Kier alpha value is -2.67. The van der Waals surface area contributed by atoms with Crippen molar-refractivity contribution in [3.8, 4) is 0 Å². The van der Waals surface area contributed by atoms with Crippen LogP contribution in [0.25, 0.3) is 0 Å². The number of halogens is 1. The number of anilines is 2. The highest BCUT2D eigenvalue weighted by atomic mass is 35.5. The van der Waals surface area contributed by atoms with Gasteiger partial charge < -0.3 is 14.8 Å². The normalized spacial score (nSPS) is 10.9. The summed E-state index contributed by atoms with van der Waals surface area (Å²) < 4.78 is 9.97. The molecule has 0 radical (unpaired) electrons. The number of hydrogen-bond acceptors (Lipinski definition) is 7. The lowest BCUT2D eigenvalue weighted by molar-refractivity contribution is 0.00694. The molecule has 1 aromatic carbocycles. The van der Waals surface area contributed by atoms with Gasteiger partial charge in [-0.15, -0.1) is 10.2 Å². The third-order valence-electron chi connectivity index (χ3n) is 2.94. The number of nitrogens with one attached hydrogen (secondary N) is 1. The van der Waals surface area contributed by atoms with Gasteiger partial charge in [0.25, 0.3) is 0 Å². The van der Waals surface area contributed by atoms with Gasteiger partial charge in [-0.1, -0.05) is 11.6 Å². The molecule has 1 aromatic heterocycles. The Labute approximate surface area is 150 Å². The molecule has 0 bridgehead atoms. The Bertz CT molecular complexity index is 785. The molecule has 0 spiro atoms. The van der Waals surface area contributed by atoms with E-state index in [1.54, 1.807) is 45.0 Å². The van der Waals surface area contributed by atoms with Crippen LogP contribution < -0.4 is 5.32 Å². The van der Waals surface area contributed by atoms with E-state index in [4.69, 9.17) is 16.3 Å². The highest BCUT2D eigenvalue weighted by Crippen LogP contribution is 2.23. The zero-order valence-corrected chi connectivity index (χ0v) is 15.0. The molecule has 0 amide bonds. The molecule has 0 aliphatic heterocycles. The average Bonchev–Trinajstić information content (AvgIpc) is 2.53. The number of ether oxygens (including phenoxy) is 2. The summed E-state index contributed by atoms with van der Waals surface area (Å²) in [5.41, 5.74) is 0.823. The summed E-state index contributed by atoms with van der Waals surface area (Å²) in [7, 11) is 1.25. The van der Waals surface area contributed by atoms with E-state index in [1.807, 2.05) is 0 Å². The number of carbonyl (C=O) groups is 2. The lowest BCUT2D eigenvalue weighted by atomic mass is 10.1. The van der Waals surface area contributed by atoms with Crippen molar-refractivity contribution >= 4 is 34.9 Å². The molecule has 25 heavy (non-hydrogen) atoms. The zero-order valence-electron chi connectivity index (χ0n) is 14.3. The molecule has 0 atom stereocenters. The number of aromatic nitrogens is 2. The van der Waals surface area contributed by atoms with Gasteiger partial charge in [-0.25, -0.2) is 9.59 Å². The minimum atomic E-state index is -0.642. The van der Waals surface area contributed by atoms with E-state index in [2.05, 4.69) is 20.3 Å². The summed E-state index contributed by atoms with van der Waals surface area (Å²) in [5.74, 6) is -1.06. The number of carbonyl (C=O) groups excluding carboxylic acids is 2. The molecule has 0 unspecified atom stereocenters. The van der Waals surface area contributed by atoms with E-state index in [1.165, 1.54) is 13.2 Å². The van der Waals surface area contributed by atoms with Crippen LogP contribution in [0.1, 0.15) is 41.6 Å². The summed E-state index contributed by atoms with van der Waals surface area (Å²) >= 11 is 5.83. The van der Waals surface area contributed by atoms with E-state index >= 15 is 0 Å². The monoisotopic (exact) mass is 363 g/mol. The Morgan fingerprint density at radius 3 is 2.28 bits per heavy atom. The van der Waals surface area contributed by atoms with Gasteiger partial charge in [0.15, 0.2) is 10.8 Å². The van der Waals surface area contributed by atoms with Gasteiger partial charge >= 0.3 is 11.9 Å². The summed E-state index contributed by atoms with van der Waals surface area (Å²) in [6.45, 7) is 5.40. The maximum absolute atomic E-state index is 12.0. The molecule has 1 heterocycles. The van der Waals surface area contributed by atoms with Crippen molar-refractivity contribution in [1.29, 1.82) is 0 Å². The average molecular weight is 364 g/mol. The van der Waals surface area contributed by atoms with Crippen LogP contribution in [0.4, 0.5) is 11.4 Å². The standard InChI is InChI=1S/C17H18ClN3O4/c1-17(2,3)25-15(22)10-5-7-11(8-6-10)19-12-9-13(18)20-21-14(12)16(23)24-4/h5-9H,1-4H3,(H,19,20). The van der Waals surface area contributed by atoms with Crippen LogP contribution in [-0.2, 0) is 9.47 Å². The van der Waals surface area contributed by atoms with Crippen LogP contribution in [0.2, 0.25) is 5.15 Å². The van der Waals surface area contributed by atoms with Crippen LogP contribution in [0, 0.1) is 0 Å². The lowest BCUT2D eigenvalue weighted by Gasteiger charge is -2.19. The fourth-order valence-corrected chi connectivity index (χ4v) is 2.04. The summed E-state index contributed by atoms with van der Waals surface area (Å²) in [6, 6.07) is 8.04. The quantitative estimate of drug-likeness (QED) is 0.829. The van der Waals surface area contributed by atoms with Crippen molar-refractivity contribution in [3.05, 3.63) is 46.7 Å². The first-order chi connectivity index (χ1) is 11.7. The van der Waals surface area contributed by atoms with Gasteiger partial charge in [0, 0.05) is 11.8 Å². The van der Waals surface area contributed by atoms with E-state index in [-0.39, 0.29) is 10.8 Å². The minimum Gasteiger partial charge on any atom is -0.464 e. The SMILES string of the molecule is COC(=O)c1nnc(Cl)cc1Nc1ccc(C(=O)OC(C)(C)C)cc1. The Balaban J connectivity index is 2.21. The molecule has 0 saturated carbocycles. The highest BCUT2D eigenvalue weighted by molar-refractivity contribution is 6.29. The first kappa shape index (κ1) is 18.7. The lowest BCUT2D eigenvalue weighted by Crippen LogP contribution is -2.23. The summed E-state index contributed by atoms with van der Waals surface area (Å²) in [6.07, 6.45) is 0. The molecule has 132 valence electrons. The highest BCUT2D eigenvalue weighted by Gasteiger charge is 2.18. The Kier molecular flexibility index (Phi) is 5.58. The van der Waals surface area contributed by atoms with E-state index in [0.29, 0.717) is 16.9 Å². The summed E-state index contributed by atoms with van der Waals surface area (Å²) in [4.78, 5) is 23.8. The van der Waals surface area contributed by atoms with Gasteiger partial charge in [-0.2, -0.15) is 0 Å². The predicted octanol–water partition coefficient (Wildman–Crippen LogP) is 3.62. The van der Waals surface area contributed by atoms with Crippen molar-refractivity contribution in [2.75, 3.05) is 12.4 Å². The van der Waals surface area contributed by atoms with Crippen LogP contribution in [0.5, 0.6) is 0 Å². The number of nitrogens with zero attached hydrogens (tertiary/aromatic N) is 2. The Morgan fingerprint density at radius 1 is 1.08 bits per heavy atom. The minimum absolute atomic E-state index is 0.00289. The van der Waals surface area contributed by atoms with Crippen LogP contribution in [0.3, 0.4) is 0 Å². The van der Waals surface area contributed by atoms with Crippen LogP contribution in [0.15, 0.2) is 30.3 Å². The fourth-order valence-electron chi connectivity index (χ4n) is 1.89. The number of rotatable bonds is 4. The van der Waals surface area contributed by atoms with Gasteiger partial charge in [-0.3, -0.25) is 0 Å². The van der Waals surface area contributed by atoms with Gasteiger partial charge in [0.1, 0.15) is 5.60 Å². The van der Waals surface area contributed by atoms with Crippen molar-refractivity contribution in [2.45, 2.75) is 26.4 Å². The van der Waals surface area contributed by atoms with Gasteiger partial charge in [-0.05, 0) is 45.0 Å². The first-order valence-electron chi connectivity index (χ1n) is 7.41. The second kappa shape index (κ2) is 7.48. The molecule has 0 saturated heterocycles. The molecule has 0 fully saturated rings. The number of benzene rings is 1. The smallest absolute Gasteiger partial charge is 0.360 e. The van der Waals surface area contributed by atoms with Crippen LogP contribution >= 0.6 is 11.6 Å². The third-order valence-corrected chi connectivity index (χ3v) is 3.13. The third kappa shape index (κ3) is 5.15. The first-order valence-corrected chi connectivity index (χ1v) is 7.79. The maximum atomic E-state index is 12.0. The number of hydrogen-bond donors (Lipinski definition) is 1. The molecule has 1 N–H and O–H groups in total. The molecular formula is C17H18ClN3O4. The van der Waals surface area contributed by atoms with E-state index < -0.39 is 17.5 Å².